The number of likely N-dealkylation sites (tertiary alicyclic amines) is 1. The predicted molar refractivity (Wildman–Crippen MR) is 89.2 cm³/mol. The molecule has 1 fully saturated rings. The van der Waals surface area contributed by atoms with Crippen molar-refractivity contribution in [3.05, 3.63) is 46.7 Å². The summed E-state index contributed by atoms with van der Waals surface area (Å²) in [7, 11) is 1.95. The molecule has 1 aliphatic heterocycles. The van der Waals surface area contributed by atoms with Crippen LogP contribution in [0.5, 0.6) is 0 Å². The number of benzene rings is 1. The van der Waals surface area contributed by atoms with Gasteiger partial charge in [0.2, 0.25) is 0 Å². The Kier molecular flexibility index (Phi) is 4.59. The third-order valence-corrected chi connectivity index (χ3v) is 4.57. The van der Waals surface area contributed by atoms with Crippen LogP contribution in [-0.4, -0.2) is 46.8 Å². The number of piperidine rings is 1. The Morgan fingerprint density at radius 2 is 2.14 bits per heavy atom. The number of rotatable bonds is 3. The van der Waals surface area contributed by atoms with Crippen molar-refractivity contribution < 1.29 is 4.79 Å². The summed E-state index contributed by atoms with van der Waals surface area (Å²) in [4.78, 5) is 14.5. The molecule has 0 saturated carbocycles. The summed E-state index contributed by atoms with van der Waals surface area (Å²) in [6.07, 6.45) is 5.61. The zero-order valence-electron chi connectivity index (χ0n) is 12.5. The van der Waals surface area contributed by atoms with Gasteiger partial charge in [-0.25, -0.2) is 4.68 Å². The van der Waals surface area contributed by atoms with Gasteiger partial charge in [-0.2, -0.15) is 5.10 Å². The molecule has 1 aromatic carbocycles. The SMILES string of the molecule is CNC1CCCN(C(=O)c2cnn(-c3ccc(Br)cc3)c2)C1. The Balaban J connectivity index is 1.75. The van der Waals surface area contributed by atoms with E-state index in [2.05, 4.69) is 26.3 Å². The summed E-state index contributed by atoms with van der Waals surface area (Å²) in [5, 5.41) is 7.57. The normalized spacial score (nSPS) is 18.5. The van der Waals surface area contributed by atoms with Crippen molar-refractivity contribution in [2.24, 2.45) is 0 Å². The third-order valence-electron chi connectivity index (χ3n) is 4.04. The molecule has 22 heavy (non-hydrogen) atoms. The van der Waals surface area contributed by atoms with E-state index in [0.29, 0.717) is 11.6 Å². The minimum Gasteiger partial charge on any atom is -0.337 e. The fraction of sp³-hybridized carbons (Fsp3) is 0.375. The molecule has 1 amide bonds. The number of amides is 1. The van der Waals surface area contributed by atoms with Crippen LogP contribution < -0.4 is 5.32 Å². The maximum absolute atomic E-state index is 12.6. The fourth-order valence-corrected chi connectivity index (χ4v) is 3.01. The van der Waals surface area contributed by atoms with Crippen molar-refractivity contribution in [3.8, 4) is 5.69 Å². The van der Waals surface area contributed by atoms with Gasteiger partial charge in [0, 0.05) is 29.8 Å². The van der Waals surface area contributed by atoms with Crippen LogP contribution in [0.15, 0.2) is 41.1 Å². The zero-order valence-corrected chi connectivity index (χ0v) is 14.1. The second kappa shape index (κ2) is 6.62. The van der Waals surface area contributed by atoms with Crippen molar-refractivity contribution >= 4 is 21.8 Å². The van der Waals surface area contributed by atoms with Gasteiger partial charge in [-0.1, -0.05) is 15.9 Å². The molecular weight excluding hydrogens is 344 g/mol. The Labute approximate surface area is 138 Å². The summed E-state index contributed by atoms with van der Waals surface area (Å²) in [6.45, 7) is 1.58. The minimum absolute atomic E-state index is 0.0586. The molecule has 0 aliphatic carbocycles. The van der Waals surface area contributed by atoms with Gasteiger partial charge < -0.3 is 10.2 Å². The lowest BCUT2D eigenvalue weighted by Crippen LogP contribution is -2.46. The molecule has 2 heterocycles. The van der Waals surface area contributed by atoms with Gasteiger partial charge in [-0.05, 0) is 44.2 Å². The Hall–Kier alpha value is -1.66. The monoisotopic (exact) mass is 362 g/mol. The van der Waals surface area contributed by atoms with Gasteiger partial charge in [-0.15, -0.1) is 0 Å². The van der Waals surface area contributed by atoms with E-state index in [1.54, 1.807) is 17.1 Å². The van der Waals surface area contributed by atoms with Crippen LogP contribution in [0.2, 0.25) is 0 Å². The van der Waals surface area contributed by atoms with Crippen LogP contribution in [0.1, 0.15) is 23.2 Å². The van der Waals surface area contributed by atoms with Gasteiger partial charge >= 0.3 is 0 Å². The largest absolute Gasteiger partial charge is 0.337 e. The van der Waals surface area contributed by atoms with Gasteiger partial charge in [0.25, 0.3) is 5.91 Å². The second-order valence-corrected chi connectivity index (χ2v) is 6.44. The topological polar surface area (TPSA) is 50.2 Å². The molecule has 0 bridgehead atoms. The highest BCUT2D eigenvalue weighted by Crippen LogP contribution is 2.16. The minimum atomic E-state index is 0.0586. The number of likely N-dealkylation sites (N-methyl/N-ethyl adjacent to an activating group) is 1. The van der Waals surface area contributed by atoms with Crippen LogP contribution in [-0.2, 0) is 0 Å². The number of carbonyl (C=O) groups is 1. The molecule has 6 heteroatoms. The predicted octanol–water partition coefficient (Wildman–Crippen LogP) is 2.46. The van der Waals surface area contributed by atoms with Gasteiger partial charge in [0.15, 0.2) is 0 Å². The molecule has 1 N–H and O–H groups in total. The van der Waals surface area contributed by atoms with E-state index >= 15 is 0 Å². The molecule has 3 rings (SSSR count). The number of aromatic nitrogens is 2. The van der Waals surface area contributed by atoms with Crippen molar-refractivity contribution in [3.63, 3.8) is 0 Å². The lowest BCUT2D eigenvalue weighted by atomic mass is 10.1. The number of nitrogens with one attached hydrogen (secondary N) is 1. The van der Waals surface area contributed by atoms with E-state index in [1.807, 2.05) is 36.2 Å². The number of hydrogen-bond acceptors (Lipinski definition) is 3. The van der Waals surface area contributed by atoms with E-state index in [0.717, 1.165) is 36.1 Å². The molecule has 1 aliphatic rings. The lowest BCUT2D eigenvalue weighted by Gasteiger charge is -2.32. The molecule has 1 saturated heterocycles. The average Bonchev–Trinajstić information content (AvgIpc) is 3.05. The fourth-order valence-electron chi connectivity index (χ4n) is 2.75. The maximum Gasteiger partial charge on any atom is 0.257 e. The zero-order chi connectivity index (χ0) is 15.5. The highest BCUT2D eigenvalue weighted by molar-refractivity contribution is 9.10. The van der Waals surface area contributed by atoms with E-state index in [-0.39, 0.29) is 5.91 Å². The first-order valence-electron chi connectivity index (χ1n) is 7.44. The second-order valence-electron chi connectivity index (χ2n) is 5.53. The van der Waals surface area contributed by atoms with Crippen LogP contribution in [0.4, 0.5) is 0 Å². The lowest BCUT2D eigenvalue weighted by molar-refractivity contribution is 0.0698. The van der Waals surface area contributed by atoms with Gasteiger partial charge in [0.1, 0.15) is 0 Å². The van der Waals surface area contributed by atoms with Crippen molar-refractivity contribution in [1.29, 1.82) is 0 Å². The van der Waals surface area contributed by atoms with E-state index in [1.165, 1.54) is 0 Å². The first kappa shape index (κ1) is 15.2. The summed E-state index contributed by atoms with van der Waals surface area (Å²) in [5.41, 5.74) is 1.58. The molecule has 116 valence electrons. The van der Waals surface area contributed by atoms with Crippen LogP contribution in [0.3, 0.4) is 0 Å². The number of hydrogen-bond donors (Lipinski definition) is 1. The highest BCUT2D eigenvalue weighted by atomic mass is 79.9. The molecule has 0 radical (unpaired) electrons. The molecule has 1 aromatic heterocycles. The highest BCUT2D eigenvalue weighted by Gasteiger charge is 2.24. The summed E-state index contributed by atoms with van der Waals surface area (Å²) < 4.78 is 2.75. The molecular formula is C16H19BrN4O. The van der Waals surface area contributed by atoms with Crippen LogP contribution in [0.25, 0.3) is 5.69 Å². The standard InChI is InChI=1S/C16H19BrN4O/c1-18-14-3-2-8-20(11-14)16(22)12-9-19-21(10-12)15-6-4-13(17)5-7-15/h4-7,9-10,14,18H,2-3,8,11H2,1H3. The van der Waals surface area contributed by atoms with Crippen molar-refractivity contribution in [2.45, 2.75) is 18.9 Å². The van der Waals surface area contributed by atoms with Crippen LogP contribution in [0, 0.1) is 0 Å². The van der Waals surface area contributed by atoms with Crippen molar-refractivity contribution in [1.82, 2.24) is 20.0 Å². The van der Waals surface area contributed by atoms with Gasteiger partial charge in [-0.3, -0.25) is 4.79 Å². The Morgan fingerprint density at radius 3 is 2.86 bits per heavy atom. The first-order valence-corrected chi connectivity index (χ1v) is 8.24. The molecule has 2 aromatic rings. The molecule has 0 spiro atoms. The third kappa shape index (κ3) is 3.23. The van der Waals surface area contributed by atoms with E-state index in [9.17, 15) is 4.79 Å². The quantitative estimate of drug-likeness (QED) is 0.912. The average molecular weight is 363 g/mol. The summed E-state index contributed by atoms with van der Waals surface area (Å²) in [5.74, 6) is 0.0586. The summed E-state index contributed by atoms with van der Waals surface area (Å²) in [6, 6.07) is 8.23. The molecule has 1 atom stereocenters. The number of halogens is 1. The Bertz CT molecular complexity index is 652. The van der Waals surface area contributed by atoms with Crippen LogP contribution >= 0.6 is 15.9 Å². The van der Waals surface area contributed by atoms with E-state index in [4.69, 9.17) is 0 Å². The molecule has 5 nitrogen and oxygen atoms in total. The Morgan fingerprint density at radius 1 is 1.36 bits per heavy atom. The number of carbonyl (C=O) groups excluding carboxylic acids is 1. The van der Waals surface area contributed by atoms with E-state index < -0.39 is 0 Å². The van der Waals surface area contributed by atoms with Crippen molar-refractivity contribution in [2.75, 3.05) is 20.1 Å². The molecule has 1 unspecified atom stereocenters. The van der Waals surface area contributed by atoms with Gasteiger partial charge in [0.05, 0.1) is 17.4 Å². The first-order chi connectivity index (χ1) is 10.7. The maximum atomic E-state index is 12.6. The smallest absolute Gasteiger partial charge is 0.257 e. The summed E-state index contributed by atoms with van der Waals surface area (Å²) >= 11 is 3.41. The number of nitrogens with zero attached hydrogens (tertiary/aromatic N) is 3.